The van der Waals surface area contributed by atoms with Gasteiger partial charge in [-0.2, -0.15) is 5.10 Å². The number of benzene rings is 2. The first-order chi connectivity index (χ1) is 9.66. The van der Waals surface area contributed by atoms with Crippen molar-refractivity contribution in [3.8, 4) is 0 Å². The number of hydrogen-bond donors (Lipinski definition) is 2. The van der Waals surface area contributed by atoms with Crippen molar-refractivity contribution in [3.63, 3.8) is 0 Å². The van der Waals surface area contributed by atoms with Crippen LogP contribution in [0.1, 0.15) is 5.56 Å². The average Bonchev–Trinajstić information content (AvgIpc) is 2.43. The Hall–Kier alpha value is -1.98. The van der Waals surface area contributed by atoms with E-state index in [1.54, 1.807) is 24.3 Å². The number of rotatable bonds is 3. The van der Waals surface area contributed by atoms with Gasteiger partial charge in [-0.15, -0.1) is 0 Å². The van der Waals surface area contributed by atoms with Crippen molar-refractivity contribution in [2.24, 2.45) is 5.10 Å². The molecule has 2 N–H and O–H groups in total. The smallest absolute Gasteiger partial charge is 0.191 e. The van der Waals surface area contributed by atoms with Crippen LogP contribution in [-0.4, -0.2) is 11.3 Å². The predicted molar refractivity (Wildman–Crippen MR) is 84.8 cm³/mol. The summed E-state index contributed by atoms with van der Waals surface area (Å²) < 4.78 is 13.4. The number of anilines is 1. The molecule has 2 rings (SSSR count). The topological polar surface area (TPSA) is 36.4 Å². The number of nitrogens with zero attached hydrogens (tertiary/aromatic N) is 1. The molecule has 0 unspecified atom stereocenters. The van der Waals surface area contributed by atoms with Gasteiger partial charge >= 0.3 is 0 Å². The normalized spacial score (nSPS) is 10.5. The maximum atomic E-state index is 13.4. The van der Waals surface area contributed by atoms with Gasteiger partial charge in [0.05, 0.1) is 11.9 Å². The molecule has 0 fully saturated rings. The van der Waals surface area contributed by atoms with E-state index in [9.17, 15) is 4.39 Å². The Labute approximate surface area is 126 Å². The average molecular weight is 308 g/mol. The van der Waals surface area contributed by atoms with Crippen LogP contribution < -0.4 is 10.7 Å². The lowest BCUT2D eigenvalue weighted by Crippen LogP contribution is -2.24. The van der Waals surface area contributed by atoms with E-state index >= 15 is 0 Å². The van der Waals surface area contributed by atoms with Gasteiger partial charge in [0.15, 0.2) is 5.11 Å². The summed E-state index contributed by atoms with van der Waals surface area (Å²) in [6.07, 6.45) is 1.54. The molecule has 0 saturated carbocycles. The number of hydrazone groups is 1. The zero-order valence-electron chi connectivity index (χ0n) is 10.3. The monoisotopic (exact) mass is 307 g/mol. The third-order valence-electron chi connectivity index (χ3n) is 2.40. The maximum absolute atomic E-state index is 13.4. The summed E-state index contributed by atoms with van der Waals surface area (Å²) in [5.74, 6) is -0.383. The first-order valence-corrected chi connectivity index (χ1v) is 6.54. The molecule has 0 heterocycles. The van der Waals surface area contributed by atoms with Crippen molar-refractivity contribution in [2.45, 2.75) is 0 Å². The lowest BCUT2D eigenvalue weighted by molar-refractivity contribution is 0.632. The van der Waals surface area contributed by atoms with Crippen molar-refractivity contribution < 1.29 is 4.39 Å². The van der Waals surface area contributed by atoms with E-state index in [1.165, 1.54) is 12.3 Å². The van der Waals surface area contributed by atoms with Gasteiger partial charge in [0.2, 0.25) is 0 Å². The highest BCUT2D eigenvalue weighted by Gasteiger charge is 2.01. The van der Waals surface area contributed by atoms with Crippen LogP contribution in [-0.2, 0) is 0 Å². The van der Waals surface area contributed by atoms with Crippen LogP contribution in [0.25, 0.3) is 0 Å². The summed E-state index contributed by atoms with van der Waals surface area (Å²) in [4.78, 5) is 0. The molecular formula is C14H11ClFN3S. The molecular weight excluding hydrogens is 297 g/mol. The van der Waals surface area contributed by atoms with Crippen LogP contribution in [0.2, 0.25) is 5.02 Å². The van der Waals surface area contributed by atoms with Gasteiger partial charge in [0, 0.05) is 10.6 Å². The van der Waals surface area contributed by atoms with Crippen LogP contribution in [0.3, 0.4) is 0 Å². The Balaban J connectivity index is 1.93. The summed E-state index contributed by atoms with van der Waals surface area (Å²) in [6, 6.07) is 13.5. The zero-order valence-corrected chi connectivity index (χ0v) is 11.9. The molecule has 6 heteroatoms. The standard InChI is InChI=1S/C14H11ClFN3S/c15-11-6-2-1-5-10(11)9-17-19-14(20)18-13-8-4-3-7-12(13)16/h1-9H,(H2,18,19,20)/b17-9+. The number of thiocarbonyl (C=S) groups is 1. The van der Waals surface area contributed by atoms with Crippen LogP contribution in [0, 0.1) is 5.82 Å². The van der Waals surface area contributed by atoms with Gasteiger partial charge in [-0.25, -0.2) is 4.39 Å². The molecule has 0 bridgehead atoms. The Bertz CT molecular complexity index is 646. The molecule has 2 aromatic carbocycles. The molecule has 3 nitrogen and oxygen atoms in total. The van der Waals surface area contributed by atoms with E-state index in [2.05, 4.69) is 15.8 Å². The lowest BCUT2D eigenvalue weighted by atomic mass is 10.2. The summed E-state index contributed by atoms with van der Waals surface area (Å²) >= 11 is 11.0. The van der Waals surface area contributed by atoms with Crippen molar-refractivity contribution in [1.29, 1.82) is 0 Å². The second kappa shape index (κ2) is 6.98. The van der Waals surface area contributed by atoms with Crippen molar-refractivity contribution >= 4 is 40.8 Å². The van der Waals surface area contributed by atoms with Gasteiger partial charge in [0.25, 0.3) is 0 Å². The van der Waals surface area contributed by atoms with Crippen molar-refractivity contribution in [3.05, 3.63) is 64.9 Å². The van der Waals surface area contributed by atoms with Crippen LogP contribution in [0.15, 0.2) is 53.6 Å². The van der Waals surface area contributed by atoms with E-state index in [0.29, 0.717) is 5.02 Å². The largest absolute Gasteiger partial charge is 0.329 e. The van der Waals surface area contributed by atoms with E-state index in [4.69, 9.17) is 23.8 Å². The Morgan fingerprint density at radius 3 is 2.60 bits per heavy atom. The number of nitrogens with one attached hydrogen (secondary N) is 2. The van der Waals surface area contributed by atoms with Crippen molar-refractivity contribution in [1.82, 2.24) is 5.43 Å². The first kappa shape index (κ1) is 14.4. The van der Waals surface area contributed by atoms with E-state index in [-0.39, 0.29) is 16.6 Å². The Morgan fingerprint density at radius 1 is 1.15 bits per heavy atom. The van der Waals surface area contributed by atoms with Gasteiger partial charge in [-0.3, -0.25) is 5.43 Å². The summed E-state index contributed by atoms with van der Waals surface area (Å²) in [5, 5.41) is 7.43. The second-order valence-electron chi connectivity index (χ2n) is 3.83. The highest BCUT2D eigenvalue weighted by Crippen LogP contribution is 2.13. The van der Waals surface area contributed by atoms with E-state index in [0.717, 1.165) is 5.56 Å². The fourth-order valence-electron chi connectivity index (χ4n) is 1.45. The van der Waals surface area contributed by atoms with E-state index < -0.39 is 0 Å². The number of para-hydroxylation sites is 1. The van der Waals surface area contributed by atoms with Crippen LogP contribution in [0.5, 0.6) is 0 Å². The van der Waals surface area contributed by atoms with Gasteiger partial charge < -0.3 is 5.32 Å². The fraction of sp³-hybridized carbons (Fsp3) is 0. The summed E-state index contributed by atoms with van der Waals surface area (Å²) in [5.41, 5.74) is 3.65. The molecule has 0 radical (unpaired) electrons. The number of hydrogen-bond acceptors (Lipinski definition) is 2. The van der Waals surface area contributed by atoms with E-state index in [1.807, 2.05) is 18.2 Å². The molecule has 0 atom stereocenters. The molecule has 0 amide bonds. The molecule has 0 spiro atoms. The fourth-order valence-corrected chi connectivity index (χ4v) is 1.80. The van der Waals surface area contributed by atoms with Gasteiger partial charge in [-0.05, 0) is 30.4 Å². The van der Waals surface area contributed by atoms with Crippen LogP contribution in [0.4, 0.5) is 10.1 Å². The Morgan fingerprint density at radius 2 is 1.85 bits per heavy atom. The molecule has 0 aliphatic rings. The predicted octanol–water partition coefficient (Wildman–Crippen LogP) is 3.80. The van der Waals surface area contributed by atoms with Gasteiger partial charge in [-0.1, -0.05) is 41.9 Å². The highest BCUT2D eigenvalue weighted by atomic mass is 35.5. The second-order valence-corrected chi connectivity index (χ2v) is 4.64. The molecule has 0 aliphatic heterocycles. The first-order valence-electron chi connectivity index (χ1n) is 5.76. The van der Waals surface area contributed by atoms with Gasteiger partial charge in [0.1, 0.15) is 5.82 Å². The molecule has 2 aromatic rings. The van der Waals surface area contributed by atoms with Crippen LogP contribution >= 0.6 is 23.8 Å². The third-order valence-corrected chi connectivity index (χ3v) is 2.93. The summed E-state index contributed by atoms with van der Waals surface area (Å²) in [6.45, 7) is 0. The minimum Gasteiger partial charge on any atom is -0.329 e. The molecule has 20 heavy (non-hydrogen) atoms. The maximum Gasteiger partial charge on any atom is 0.191 e. The van der Waals surface area contributed by atoms with Crippen molar-refractivity contribution in [2.75, 3.05) is 5.32 Å². The molecule has 0 saturated heterocycles. The highest BCUT2D eigenvalue weighted by molar-refractivity contribution is 7.80. The Kier molecular flexibility index (Phi) is 5.03. The molecule has 102 valence electrons. The number of halogens is 2. The minimum atomic E-state index is -0.383. The zero-order chi connectivity index (χ0) is 14.4. The quantitative estimate of drug-likeness (QED) is 0.514. The summed E-state index contributed by atoms with van der Waals surface area (Å²) in [7, 11) is 0. The molecule has 0 aliphatic carbocycles. The third kappa shape index (κ3) is 4.01. The lowest BCUT2D eigenvalue weighted by Gasteiger charge is -2.07. The minimum absolute atomic E-state index is 0.193. The molecule has 0 aromatic heterocycles. The SMILES string of the molecule is Fc1ccccc1NC(=S)N/N=C/c1ccccc1Cl.